The number of amides is 1. The van der Waals surface area contributed by atoms with E-state index in [1.54, 1.807) is 4.90 Å². The molecule has 0 aromatic heterocycles. The molecule has 2 fully saturated rings. The maximum Gasteiger partial charge on any atom is 0.307 e. The highest BCUT2D eigenvalue weighted by atomic mass is 16.5. The van der Waals surface area contributed by atoms with Crippen LogP contribution in [0.25, 0.3) is 0 Å². The van der Waals surface area contributed by atoms with E-state index in [4.69, 9.17) is 9.84 Å². The smallest absolute Gasteiger partial charge is 0.307 e. The zero-order valence-electron chi connectivity index (χ0n) is 10.5. The third kappa shape index (κ3) is 2.60. The third-order valence-corrected chi connectivity index (χ3v) is 3.46. The van der Waals surface area contributed by atoms with E-state index >= 15 is 0 Å². The number of nitrogens with zero attached hydrogens (tertiary/aromatic N) is 1. The summed E-state index contributed by atoms with van der Waals surface area (Å²) in [7, 11) is 0. The average molecular weight is 241 g/mol. The van der Waals surface area contributed by atoms with Crippen LogP contribution in [0.5, 0.6) is 0 Å². The maximum atomic E-state index is 11.8. The molecule has 5 nitrogen and oxygen atoms in total. The Morgan fingerprint density at radius 3 is 2.24 bits per heavy atom. The van der Waals surface area contributed by atoms with Crippen molar-refractivity contribution in [3.8, 4) is 0 Å². The molecule has 2 aliphatic rings. The van der Waals surface area contributed by atoms with Crippen LogP contribution < -0.4 is 0 Å². The molecule has 1 amide bonds. The van der Waals surface area contributed by atoms with E-state index in [0.29, 0.717) is 13.1 Å². The molecule has 2 unspecified atom stereocenters. The summed E-state index contributed by atoms with van der Waals surface area (Å²) in [5.74, 6) is -0.630. The summed E-state index contributed by atoms with van der Waals surface area (Å²) in [5.41, 5.74) is -0.318. The van der Waals surface area contributed by atoms with Gasteiger partial charge in [-0.2, -0.15) is 0 Å². The SMILES string of the molecule is CC(C)(C)OCC(=O)N1CC2C(C1)C2C(=O)O. The summed E-state index contributed by atoms with van der Waals surface area (Å²) < 4.78 is 5.42. The monoisotopic (exact) mass is 241 g/mol. The van der Waals surface area contributed by atoms with Gasteiger partial charge in [0.1, 0.15) is 6.61 Å². The first-order valence-electron chi connectivity index (χ1n) is 5.94. The molecule has 1 saturated carbocycles. The number of ether oxygens (including phenoxy) is 1. The van der Waals surface area contributed by atoms with Gasteiger partial charge in [-0.05, 0) is 32.6 Å². The van der Waals surface area contributed by atoms with E-state index in [2.05, 4.69) is 0 Å². The number of likely N-dealkylation sites (tertiary alicyclic amines) is 1. The molecule has 96 valence electrons. The van der Waals surface area contributed by atoms with Crippen molar-refractivity contribution in [2.75, 3.05) is 19.7 Å². The molecule has 0 bridgehead atoms. The predicted octanol–water partition coefficient (Wildman–Crippen LogP) is 0.591. The van der Waals surface area contributed by atoms with Crippen LogP contribution in [0.2, 0.25) is 0 Å². The van der Waals surface area contributed by atoms with E-state index in [-0.39, 0.29) is 35.9 Å². The molecule has 0 aromatic rings. The lowest BCUT2D eigenvalue weighted by Crippen LogP contribution is -2.37. The van der Waals surface area contributed by atoms with Gasteiger partial charge in [-0.25, -0.2) is 0 Å². The van der Waals surface area contributed by atoms with Crippen LogP contribution in [0, 0.1) is 17.8 Å². The van der Waals surface area contributed by atoms with Crippen molar-refractivity contribution >= 4 is 11.9 Å². The molecule has 17 heavy (non-hydrogen) atoms. The number of piperidine rings is 1. The Balaban J connectivity index is 1.76. The van der Waals surface area contributed by atoms with Crippen molar-refractivity contribution < 1.29 is 19.4 Å². The second-order valence-corrected chi connectivity index (χ2v) is 5.89. The van der Waals surface area contributed by atoms with Crippen LogP contribution in [-0.2, 0) is 14.3 Å². The molecule has 2 rings (SSSR count). The predicted molar refractivity (Wildman–Crippen MR) is 60.4 cm³/mol. The molecule has 1 aliphatic carbocycles. The molecular formula is C12H19NO4. The number of aliphatic carboxylic acids is 1. The molecule has 1 aliphatic heterocycles. The van der Waals surface area contributed by atoms with E-state index < -0.39 is 5.97 Å². The molecule has 1 N–H and O–H groups in total. The molecule has 1 heterocycles. The summed E-state index contributed by atoms with van der Waals surface area (Å²) in [5, 5.41) is 8.87. The lowest BCUT2D eigenvalue weighted by molar-refractivity contribution is -0.143. The molecule has 0 aromatic carbocycles. The van der Waals surface area contributed by atoms with E-state index in [1.807, 2.05) is 20.8 Å². The lowest BCUT2D eigenvalue weighted by atomic mass is 10.2. The highest BCUT2D eigenvalue weighted by Gasteiger charge is 2.60. The summed E-state index contributed by atoms with van der Waals surface area (Å²) in [6.45, 7) is 6.95. The van der Waals surface area contributed by atoms with Crippen LogP contribution in [0.15, 0.2) is 0 Å². The number of hydrogen-bond acceptors (Lipinski definition) is 3. The van der Waals surface area contributed by atoms with Gasteiger partial charge in [0.25, 0.3) is 0 Å². The number of carbonyl (C=O) groups is 2. The van der Waals surface area contributed by atoms with Gasteiger partial charge in [-0.15, -0.1) is 0 Å². The van der Waals surface area contributed by atoms with Gasteiger partial charge in [0.2, 0.25) is 5.91 Å². The van der Waals surface area contributed by atoms with Gasteiger partial charge in [0.15, 0.2) is 0 Å². The molecule has 0 spiro atoms. The van der Waals surface area contributed by atoms with E-state index in [0.717, 1.165) is 0 Å². The lowest BCUT2D eigenvalue weighted by Gasteiger charge is -2.23. The minimum atomic E-state index is -0.724. The van der Waals surface area contributed by atoms with E-state index in [1.165, 1.54) is 0 Å². The Hall–Kier alpha value is -1.10. The van der Waals surface area contributed by atoms with Crippen molar-refractivity contribution in [2.45, 2.75) is 26.4 Å². The average Bonchev–Trinajstić information content (AvgIpc) is 2.71. The number of carbonyl (C=O) groups excluding carboxylic acids is 1. The Labute approximate surface area is 101 Å². The first-order valence-corrected chi connectivity index (χ1v) is 5.94. The van der Waals surface area contributed by atoms with E-state index in [9.17, 15) is 9.59 Å². The van der Waals surface area contributed by atoms with Crippen molar-refractivity contribution in [3.05, 3.63) is 0 Å². The van der Waals surface area contributed by atoms with Crippen LogP contribution in [0.4, 0.5) is 0 Å². The summed E-state index contributed by atoms with van der Waals surface area (Å²) >= 11 is 0. The topological polar surface area (TPSA) is 66.8 Å². The molecular weight excluding hydrogens is 222 g/mol. The maximum absolute atomic E-state index is 11.8. The second kappa shape index (κ2) is 3.98. The minimum Gasteiger partial charge on any atom is -0.481 e. The number of rotatable bonds is 3. The Bertz CT molecular complexity index is 335. The second-order valence-electron chi connectivity index (χ2n) is 5.89. The first kappa shape index (κ1) is 12.4. The van der Waals surface area contributed by atoms with Crippen LogP contribution in [0.3, 0.4) is 0 Å². The third-order valence-electron chi connectivity index (χ3n) is 3.46. The standard InChI is InChI=1S/C12H19NO4/c1-12(2,3)17-6-9(14)13-4-7-8(5-13)10(7)11(15)16/h7-8,10H,4-6H2,1-3H3,(H,15,16). The van der Waals surface area contributed by atoms with Crippen LogP contribution in [0.1, 0.15) is 20.8 Å². The summed E-state index contributed by atoms with van der Waals surface area (Å²) in [4.78, 5) is 24.3. The van der Waals surface area contributed by atoms with Crippen molar-refractivity contribution in [2.24, 2.45) is 17.8 Å². The Kier molecular flexibility index (Phi) is 2.89. The van der Waals surface area contributed by atoms with Gasteiger partial charge < -0.3 is 14.7 Å². The number of carboxylic acids is 1. The van der Waals surface area contributed by atoms with Crippen molar-refractivity contribution in [1.82, 2.24) is 4.90 Å². The number of hydrogen-bond donors (Lipinski definition) is 1. The Morgan fingerprint density at radius 1 is 1.29 bits per heavy atom. The van der Waals surface area contributed by atoms with Gasteiger partial charge in [0, 0.05) is 13.1 Å². The largest absolute Gasteiger partial charge is 0.481 e. The summed E-state index contributed by atoms with van der Waals surface area (Å²) in [6.07, 6.45) is 0. The van der Waals surface area contributed by atoms with Crippen molar-refractivity contribution in [1.29, 1.82) is 0 Å². The van der Waals surface area contributed by atoms with Gasteiger partial charge in [0.05, 0.1) is 11.5 Å². The molecule has 2 atom stereocenters. The number of fused-ring (bicyclic) bond motifs is 1. The van der Waals surface area contributed by atoms with Gasteiger partial charge in [-0.1, -0.05) is 0 Å². The normalized spacial score (nSPS) is 31.2. The fourth-order valence-corrected chi connectivity index (χ4v) is 2.47. The molecule has 1 saturated heterocycles. The van der Waals surface area contributed by atoms with Gasteiger partial charge in [-0.3, -0.25) is 9.59 Å². The highest BCUT2D eigenvalue weighted by Crippen LogP contribution is 2.51. The minimum absolute atomic E-state index is 0.0312. The molecule has 0 radical (unpaired) electrons. The quantitative estimate of drug-likeness (QED) is 0.785. The van der Waals surface area contributed by atoms with Crippen LogP contribution >= 0.6 is 0 Å². The molecule has 5 heteroatoms. The fraction of sp³-hybridized carbons (Fsp3) is 0.833. The Morgan fingerprint density at radius 2 is 1.82 bits per heavy atom. The van der Waals surface area contributed by atoms with Crippen LogP contribution in [-0.4, -0.2) is 47.2 Å². The zero-order chi connectivity index (χ0) is 12.8. The summed E-state index contributed by atoms with van der Waals surface area (Å²) in [6, 6.07) is 0. The highest BCUT2D eigenvalue weighted by molar-refractivity contribution is 5.80. The zero-order valence-corrected chi connectivity index (χ0v) is 10.5. The van der Waals surface area contributed by atoms with Crippen molar-refractivity contribution in [3.63, 3.8) is 0 Å². The first-order chi connectivity index (χ1) is 7.79. The van der Waals surface area contributed by atoms with Gasteiger partial charge >= 0.3 is 5.97 Å². The fourth-order valence-electron chi connectivity index (χ4n) is 2.47. The number of carboxylic acid groups (broad SMARTS) is 1.